The quantitative estimate of drug-likeness (QED) is 0.852. The smallest absolute Gasteiger partial charge is 0.123 e. The highest BCUT2D eigenvalue weighted by atomic mass is 19.1. The molecule has 19 heavy (non-hydrogen) atoms. The van der Waals surface area contributed by atoms with Gasteiger partial charge in [0.15, 0.2) is 0 Å². The zero-order chi connectivity index (χ0) is 13.8. The van der Waals surface area contributed by atoms with Crippen LogP contribution in [0.5, 0.6) is 0 Å². The molecule has 2 aromatic carbocycles. The van der Waals surface area contributed by atoms with Gasteiger partial charge in [-0.15, -0.1) is 0 Å². The van der Waals surface area contributed by atoms with Gasteiger partial charge in [0.1, 0.15) is 5.82 Å². The molecule has 100 valence electrons. The van der Waals surface area contributed by atoms with Crippen LogP contribution in [0.15, 0.2) is 42.5 Å². The van der Waals surface area contributed by atoms with Crippen LogP contribution in [0.25, 0.3) is 0 Å². The summed E-state index contributed by atoms with van der Waals surface area (Å²) in [6, 6.07) is 12.7. The van der Waals surface area contributed by atoms with E-state index in [2.05, 4.69) is 17.9 Å². The van der Waals surface area contributed by atoms with Crippen LogP contribution in [0.4, 0.5) is 10.1 Å². The minimum atomic E-state index is -0.200. The number of hydrogen-bond donors (Lipinski definition) is 1. The summed E-state index contributed by atoms with van der Waals surface area (Å²) < 4.78 is 12.8. The zero-order valence-corrected chi connectivity index (χ0v) is 11.4. The van der Waals surface area contributed by atoms with Gasteiger partial charge in [-0.25, -0.2) is 4.39 Å². The molecule has 3 heteroatoms. The van der Waals surface area contributed by atoms with Crippen molar-refractivity contribution < 1.29 is 4.39 Å². The average molecular weight is 258 g/mol. The maximum absolute atomic E-state index is 12.8. The summed E-state index contributed by atoms with van der Waals surface area (Å²) in [5.41, 5.74) is 10.2. The van der Waals surface area contributed by atoms with Crippen LogP contribution in [0, 0.1) is 12.7 Å². The largest absolute Gasteiger partial charge is 0.398 e. The molecule has 2 nitrogen and oxygen atoms in total. The Kier molecular flexibility index (Phi) is 4.17. The van der Waals surface area contributed by atoms with E-state index >= 15 is 0 Å². The number of aryl methyl sites for hydroxylation is 1. The molecule has 0 aliphatic carbocycles. The molecule has 0 unspecified atom stereocenters. The van der Waals surface area contributed by atoms with E-state index < -0.39 is 0 Å². The number of halogens is 1. The van der Waals surface area contributed by atoms with Crippen LogP contribution < -0.4 is 5.73 Å². The van der Waals surface area contributed by atoms with Crippen molar-refractivity contribution in [3.05, 3.63) is 65.0 Å². The van der Waals surface area contributed by atoms with Gasteiger partial charge in [-0.1, -0.05) is 29.8 Å². The lowest BCUT2D eigenvalue weighted by molar-refractivity contribution is 0.319. The average Bonchev–Trinajstić information content (AvgIpc) is 2.37. The number of nitrogen functional groups attached to an aromatic ring is 1. The van der Waals surface area contributed by atoms with Crippen LogP contribution in [-0.4, -0.2) is 11.9 Å². The Hall–Kier alpha value is -1.87. The van der Waals surface area contributed by atoms with Gasteiger partial charge in [-0.05, 0) is 43.3 Å². The fourth-order valence-electron chi connectivity index (χ4n) is 2.12. The second-order valence-electron chi connectivity index (χ2n) is 5.00. The molecule has 2 aromatic rings. The number of rotatable bonds is 4. The van der Waals surface area contributed by atoms with Crippen LogP contribution in [0.2, 0.25) is 0 Å². The third-order valence-electron chi connectivity index (χ3n) is 3.10. The monoisotopic (exact) mass is 258 g/mol. The lowest BCUT2D eigenvalue weighted by atomic mass is 10.1. The van der Waals surface area contributed by atoms with Crippen molar-refractivity contribution in [3.8, 4) is 0 Å². The van der Waals surface area contributed by atoms with E-state index in [1.807, 2.05) is 31.3 Å². The van der Waals surface area contributed by atoms with Gasteiger partial charge >= 0.3 is 0 Å². The molecule has 2 rings (SSSR count). The maximum Gasteiger partial charge on any atom is 0.123 e. The number of benzene rings is 2. The van der Waals surface area contributed by atoms with Crippen molar-refractivity contribution in [2.24, 2.45) is 0 Å². The van der Waals surface area contributed by atoms with Crippen molar-refractivity contribution in [1.82, 2.24) is 4.90 Å². The summed E-state index contributed by atoms with van der Waals surface area (Å²) in [5.74, 6) is -0.200. The predicted molar refractivity (Wildman–Crippen MR) is 77.2 cm³/mol. The molecule has 0 heterocycles. The lowest BCUT2D eigenvalue weighted by Gasteiger charge is -2.18. The molecule has 0 amide bonds. The second-order valence-corrected chi connectivity index (χ2v) is 5.00. The van der Waals surface area contributed by atoms with Crippen molar-refractivity contribution in [2.45, 2.75) is 20.0 Å². The number of nitrogens with zero attached hydrogens (tertiary/aromatic N) is 1. The lowest BCUT2D eigenvalue weighted by Crippen LogP contribution is -2.18. The van der Waals surface area contributed by atoms with E-state index in [4.69, 9.17) is 5.73 Å². The van der Waals surface area contributed by atoms with Crippen molar-refractivity contribution in [3.63, 3.8) is 0 Å². The highest BCUT2D eigenvalue weighted by Gasteiger charge is 2.05. The number of anilines is 1. The van der Waals surface area contributed by atoms with Gasteiger partial charge in [0, 0.05) is 18.8 Å². The summed E-state index contributed by atoms with van der Waals surface area (Å²) in [6.45, 7) is 3.61. The molecule has 0 aromatic heterocycles. The SMILES string of the molecule is Cc1ccc(N)c(CN(C)Cc2ccc(F)cc2)c1. The van der Waals surface area contributed by atoms with Crippen molar-refractivity contribution >= 4 is 5.69 Å². The molecule has 0 spiro atoms. The fraction of sp³-hybridized carbons (Fsp3) is 0.250. The van der Waals surface area contributed by atoms with Gasteiger partial charge < -0.3 is 5.73 Å². The maximum atomic E-state index is 12.8. The van der Waals surface area contributed by atoms with Gasteiger partial charge in [0.05, 0.1) is 0 Å². The third kappa shape index (κ3) is 3.80. The van der Waals surface area contributed by atoms with E-state index in [-0.39, 0.29) is 5.82 Å². The highest BCUT2D eigenvalue weighted by molar-refractivity contribution is 5.48. The molecule has 0 atom stereocenters. The molecule has 0 saturated carbocycles. The van der Waals surface area contributed by atoms with Crippen molar-refractivity contribution in [2.75, 3.05) is 12.8 Å². The highest BCUT2D eigenvalue weighted by Crippen LogP contribution is 2.16. The zero-order valence-electron chi connectivity index (χ0n) is 11.4. The summed E-state index contributed by atoms with van der Waals surface area (Å²) in [5, 5.41) is 0. The number of hydrogen-bond acceptors (Lipinski definition) is 2. The van der Waals surface area contributed by atoms with Crippen LogP contribution in [-0.2, 0) is 13.1 Å². The molecule has 2 N–H and O–H groups in total. The summed E-state index contributed by atoms with van der Waals surface area (Å²) in [4.78, 5) is 2.17. The molecular formula is C16H19FN2. The molecule has 0 aliphatic rings. The Morgan fingerprint density at radius 3 is 2.42 bits per heavy atom. The predicted octanol–water partition coefficient (Wildman–Crippen LogP) is 3.35. The van der Waals surface area contributed by atoms with E-state index in [0.29, 0.717) is 0 Å². The molecule has 0 aliphatic heterocycles. The summed E-state index contributed by atoms with van der Waals surface area (Å²) in [6.07, 6.45) is 0. The Labute approximate surface area is 113 Å². The van der Waals surface area contributed by atoms with Crippen LogP contribution in [0.1, 0.15) is 16.7 Å². The molecule has 0 bridgehead atoms. The topological polar surface area (TPSA) is 29.3 Å². The molecule has 0 fully saturated rings. The first-order valence-electron chi connectivity index (χ1n) is 6.32. The van der Waals surface area contributed by atoms with Crippen LogP contribution in [0.3, 0.4) is 0 Å². The van der Waals surface area contributed by atoms with E-state index in [0.717, 1.165) is 29.9 Å². The Morgan fingerprint density at radius 1 is 1.05 bits per heavy atom. The normalized spacial score (nSPS) is 10.9. The molecule has 0 radical (unpaired) electrons. The molecule has 0 saturated heterocycles. The fourth-order valence-corrected chi connectivity index (χ4v) is 2.12. The first kappa shape index (κ1) is 13.6. The van der Waals surface area contributed by atoms with E-state index in [1.165, 1.54) is 17.7 Å². The van der Waals surface area contributed by atoms with Crippen molar-refractivity contribution in [1.29, 1.82) is 0 Å². The van der Waals surface area contributed by atoms with Gasteiger partial charge in [0.2, 0.25) is 0 Å². The first-order valence-corrected chi connectivity index (χ1v) is 6.32. The van der Waals surface area contributed by atoms with Gasteiger partial charge in [-0.3, -0.25) is 4.90 Å². The minimum Gasteiger partial charge on any atom is -0.398 e. The summed E-state index contributed by atoms with van der Waals surface area (Å²) in [7, 11) is 2.03. The van der Waals surface area contributed by atoms with E-state index in [9.17, 15) is 4.39 Å². The third-order valence-corrected chi connectivity index (χ3v) is 3.10. The Morgan fingerprint density at radius 2 is 1.74 bits per heavy atom. The van der Waals surface area contributed by atoms with Gasteiger partial charge in [0.25, 0.3) is 0 Å². The first-order chi connectivity index (χ1) is 9.04. The Bertz CT molecular complexity index is 549. The minimum absolute atomic E-state index is 0.200. The van der Waals surface area contributed by atoms with Crippen LogP contribution >= 0.6 is 0 Å². The second kappa shape index (κ2) is 5.85. The van der Waals surface area contributed by atoms with Gasteiger partial charge in [-0.2, -0.15) is 0 Å². The number of nitrogens with two attached hydrogens (primary N) is 1. The standard InChI is InChI=1S/C16H19FN2/c1-12-3-8-16(18)14(9-12)11-19(2)10-13-4-6-15(17)7-5-13/h3-9H,10-11,18H2,1-2H3. The Balaban J connectivity index is 2.02. The molecular weight excluding hydrogens is 239 g/mol. The van der Waals surface area contributed by atoms with E-state index in [1.54, 1.807) is 0 Å². The summed E-state index contributed by atoms with van der Waals surface area (Å²) >= 11 is 0.